The van der Waals surface area contributed by atoms with E-state index in [0.717, 1.165) is 35.1 Å². The second-order valence-corrected chi connectivity index (χ2v) is 6.16. The number of nitrogens with one attached hydrogen (secondary N) is 2. The number of rotatable bonds is 6. The molecule has 0 spiro atoms. The van der Waals surface area contributed by atoms with Crippen molar-refractivity contribution in [2.24, 2.45) is 0 Å². The van der Waals surface area contributed by atoms with Crippen molar-refractivity contribution in [2.75, 3.05) is 13.7 Å². The van der Waals surface area contributed by atoms with Crippen LogP contribution in [0, 0.1) is 0 Å². The molecule has 130 valence electrons. The Balaban J connectivity index is 0.00000208. The molecule has 1 fully saturated rings. The van der Waals surface area contributed by atoms with Crippen molar-refractivity contribution in [1.29, 1.82) is 0 Å². The molecule has 1 unspecified atom stereocenters. The highest BCUT2D eigenvalue weighted by Crippen LogP contribution is 2.21. The van der Waals surface area contributed by atoms with Crippen molar-refractivity contribution in [2.45, 2.75) is 38.3 Å². The molecular formula is C19H25ClN2O2. The summed E-state index contributed by atoms with van der Waals surface area (Å²) >= 11 is 0. The van der Waals surface area contributed by atoms with Crippen molar-refractivity contribution in [3.8, 4) is 5.75 Å². The van der Waals surface area contributed by atoms with Gasteiger partial charge in [0.15, 0.2) is 0 Å². The maximum atomic E-state index is 12.0. The largest absolute Gasteiger partial charge is 0.497 e. The monoisotopic (exact) mass is 348 g/mol. The molecule has 1 atom stereocenters. The maximum absolute atomic E-state index is 12.0. The Kier molecular flexibility index (Phi) is 6.88. The summed E-state index contributed by atoms with van der Waals surface area (Å²) in [5, 5.41) is 8.75. The van der Waals surface area contributed by atoms with Gasteiger partial charge in [0.2, 0.25) is 5.91 Å². The fraction of sp³-hybridized carbons (Fsp3) is 0.421. The molecule has 24 heavy (non-hydrogen) atoms. The van der Waals surface area contributed by atoms with E-state index >= 15 is 0 Å². The van der Waals surface area contributed by atoms with E-state index in [1.807, 2.05) is 18.2 Å². The van der Waals surface area contributed by atoms with Crippen LogP contribution < -0.4 is 15.4 Å². The minimum Gasteiger partial charge on any atom is -0.497 e. The summed E-state index contributed by atoms with van der Waals surface area (Å²) in [6.07, 6.45) is 3.96. The summed E-state index contributed by atoms with van der Waals surface area (Å²) in [6, 6.07) is 12.8. The van der Waals surface area contributed by atoms with Crippen LogP contribution in [-0.2, 0) is 11.3 Å². The number of hydrogen-bond donors (Lipinski definition) is 2. The van der Waals surface area contributed by atoms with Gasteiger partial charge < -0.3 is 15.4 Å². The third-order valence-corrected chi connectivity index (χ3v) is 4.48. The van der Waals surface area contributed by atoms with Gasteiger partial charge in [-0.05, 0) is 60.3 Å². The number of amides is 1. The molecule has 1 aliphatic heterocycles. The Labute approximate surface area is 149 Å². The van der Waals surface area contributed by atoms with Crippen LogP contribution in [0.5, 0.6) is 5.75 Å². The molecule has 4 nitrogen and oxygen atoms in total. The molecule has 0 saturated carbocycles. The number of carbonyl (C=O) groups excluding carboxylic acids is 1. The summed E-state index contributed by atoms with van der Waals surface area (Å²) in [5.74, 6) is 0.993. The summed E-state index contributed by atoms with van der Waals surface area (Å²) in [6.45, 7) is 1.67. The van der Waals surface area contributed by atoms with E-state index < -0.39 is 0 Å². The Bertz CT molecular complexity index is 684. The van der Waals surface area contributed by atoms with Crippen LogP contribution in [0.2, 0.25) is 0 Å². The predicted molar refractivity (Wildman–Crippen MR) is 99.9 cm³/mol. The smallest absolute Gasteiger partial charge is 0.220 e. The Hall–Kier alpha value is -1.78. The zero-order valence-electron chi connectivity index (χ0n) is 14.0. The first-order valence-corrected chi connectivity index (χ1v) is 8.31. The van der Waals surface area contributed by atoms with Crippen LogP contribution in [0.1, 0.15) is 31.2 Å². The van der Waals surface area contributed by atoms with Crippen LogP contribution in [-0.4, -0.2) is 25.6 Å². The third-order valence-electron chi connectivity index (χ3n) is 4.48. The third kappa shape index (κ3) is 4.86. The standard InChI is InChI=1S/C19H24N2O2.ClH/c1-23-18-8-6-15-11-14(4-5-16(15)12-18)13-21-19(22)9-7-17-3-2-10-20-17;/h4-6,8,11-12,17,20H,2-3,7,9-10,13H2,1H3,(H,21,22);1H. The SMILES string of the molecule is COc1ccc2cc(CNC(=O)CCC3CCCN3)ccc2c1.Cl. The molecule has 2 aromatic carbocycles. The van der Waals surface area contributed by atoms with Gasteiger partial charge in [0, 0.05) is 19.0 Å². The van der Waals surface area contributed by atoms with Crippen molar-refractivity contribution < 1.29 is 9.53 Å². The number of carbonyl (C=O) groups is 1. The molecule has 0 bridgehead atoms. The molecule has 3 rings (SSSR count). The van der Waals surface area contributed by atoms with Gasteiger partial charge in [-0.2, -0.15) is 0 Å². The minimum atomic E-state index is 0. The first-order chi connectivity index (χ1) is 11.2. The van der Waals surface area contributed by atoms with Crippen molar-refractivity contribution in [3.63, 3.8) is 0 Å². The molecule has 1 heterocycles. The van der Waals surface area contributed by atoms with E-state index in [-0.39, 0.29) is 18.3 Å². The average molecular weight is 349 g/mol. The molecule has 1 aliphatic rings. The molecule has 2 N–H and O–H groups in total. The van der Waals surface area contributed by atoms with Gasteiger partial charge in [-0.25, -0.2) is 0 Å². The van der Waals surface area contributed by atoms with E-state index in [1.54, 1.807) is 7.11 Å². The molecule has 0 aliphatic carbocycles. The van der Waals surface area contributed by atoms with E-state index in [0.29, 0.717) is 19.0 Å². The maximum Gasteiger partial charge on any atom is 0.220 e. The van der Waals surface area contributed by atoms with Gasteiger partial charge in [0.25, 0.3) is 0 Å². The van der Waals surface area contributed by atoms with Crippen LogP contribution >= 0.6 is 12.4 Å². The first-order valence-electron chi connectivity index (χ1n) is 8.31. The fourth-order valence-corrected chi connectivity index (χ4v) is 3.11. The van der Waals surface area contributed by atoms with Gasteiger partial charge in [-0.3, -0.25) is 4.79 Å². The van der Waals surface area contributed by atoms with Crippen LogP contribution in [0.15, 0.2) is 36.4 Å². The van der Waals surface area contributed by atoms with Gasteiger partial charge in [0.1, 0.15) is 5.75 Å². The number of fused-ring (bicyclic) bond motifs is 1. The summed E-state index contributed by atoms with van der Waals surface area (Å²) < 4.78 is 5.24. The highest BCUT2D eigenvalue weighted by atomic mass is 35.5. The van der Waals surface area contributed by atoms with Crippen LogP contribution in [0.3, 0.4) is 0 Å². The molecule has 5 heteroatoms. The number of halogens is 1. The van der Waals surface area contributed by atoms with Gasteiger partial charge in [-0.1, -0.05) is 18.2 Å². The van der Waals surface area contributed by atoms with Crippen LogP contribution in [0.4, 0.5) is 0 Å². The molecule has 2 aromatic rings. The van der Waals surface area contributed by atoms with Crippen molar-refractivity contribution >= 4 is 29.1 Å². The zero-order valence-corrected chi connectivity index (χ0v) is 14.8. The number of ether oxygens (including phenoxy) is 1. The minimum absolute atomic E-state index is 0. The van der Waals surface area contributed by atoms with E-state index in [2.05, 4.69) is 28.8 Å². The molecule has 0 aromatic heterocycles. The van der Waals surface area contributed by atoms with Crippen LogP contribution in [0.25, 0.3) is 10.8 Å². The summed E-state index contributed by atoms with van der Waals surface area (Å²) in [4.78, 5) is 12.0. The fourth-order valence-electron chi connectivity index (χ4n) is 3.11. The second-order valence-electron chi connectivity index (χ2n) is 6.16. The molecule has 1 amide bonds. The molecule has 1 saturated heterocycles. The lowest BCUT2D eigenvalue weighted by Gasteiger charge is -2.10. The first kappa shape index (κ1) is 18.6. The van der Waals surface area contributed by atoms with E-state index in [9.17, 15) is 4.79 Å². The lowest BCUT2D eigenvalue weighted by Crippen LogP contribution is -2.27. The topological polar surface area (TPSA) is 50.4 Å². The molecular weight excluding hydrogens is 324 g/mol. The zero-order chi connectivity index (χ0) is 16.1. The summed E-state index contributed by atoms with van der Waals surface area (Å²) in [7, 11) is 1.67. The lowest BCUT2D eigenvalue weighted by molar-refractivity contribution is -0.121. The highest BCUT2D eigenvalue weighted by molar-refractivity contribution is 5.85. The van der Waals surface area contributed by atoms with Gasteiger partial charge in [-0.15, -0.1) is 12.4 Å². The van der Waals surface area contributed by atoms with Crippen molar-refractivity contribution in [1.82, 2.24) is 10.6 Å². The average Bonchev–Trinajstić information content (AvgIpc) is 3.11. The second kappa shape index (κ2) is 8.90. The highest BCUT2D eigenvalue weighted by Gasteiger charge is 2.15. The molecule has 0 radical (unpaired) electrons. The van der Waals surface area contributed by atoms with Crippen molar-refractivity contribution in [3.05, 3.63) is 42.0 Å². The van der Waals surface area contributed by atoms with E-state index in [1.165, 1.54) is 12.8 Å². The quantitative estimate of drug-likeness (QED) is 0.841. The predicted octanol–water partition coefficient (Wildman–Crippen LogP) is 3.42. The summed E-state index contributed by atoms with van der Waals surface area (Å²) in [5.41, 5.74) is 1.12. The number of benzene rings is 2. The lowest BCUT2D eigenvalue weighted by atomic mass is 10.1. The Morgan fingerprint density at radius 1 is 1.25 bits per heavy atom. The normalized spacial score (nSPS) is 16.6. The van der Waals surface area contributed by atoms with Gasteiger partial charge >= 0.3 is 0 Å². The number of methoxy groups -OCH3 is 1. The van der Waals surface area contributed by atoms with E-state index in [4.69, 9.17) is 4.74 Å². The Morgan fingerprint density at radius 3 is 2.79 bits per heavy atom. The number of hydrogen-bond acceptors (Lipinski definition) is 3. The van der Waals surface area contributed by atoms with Gasteiger partial charge in [0.05, 0.1) is 7.11 Å². The Morgan fingerprint density at radius 2 is 2.04 bits per heavy atom.